The van der Waals surface area contributed by atoms with Gasteiger partial charge < -0.3 is 10.2 Å². The summed E-state index contributed by atoms with van der Waals surface area (Å²) in [5, 5.41) is 5.39. The highest BCUT2D eigenvalue weighted by molar-refractivity contribution is 7.99. The molecular formula is C26H24ClN3OS. The first-order chi connectivity index (χ1) is 15.6. The number of hydrogen-bond acceptors (Lipinski definition) is 4. The van der Waals surface area contributed by atoms with Gasteiger partial charge in [0.2, 0.25) is 0 Å². The zero-order chi connectivity index (χ0) is 22.3. The smallest absolute Gasteiger partial charge is 0.252 e. The van der Waals surface area contributed by atoms with E-state index in [9.17, 15) is 4.79 Å². The number of amides is 1. The zero-order valence-corrected chi connectivity index (χ0v) is 19.4. The third-order valence-electron chi connectivity index (χ3n) is 5.05. The molecule has 162 valence electrons. The van der Waals surface area contributed by atoms with Crippen LogP contribution in [0.4, 0.5) is 0 Å². The van der Waals surface area contributed by atoms with Gasteiger partial charge in [0.15, 0.2) is 0 Å². The van der Waals surface area contributed by atoms with Gasteiger partial charge in [-0.2, -0.15) is 0 Å². The lowest BCUT2D eigenvalue weighted by Crippen LogP contribution is -2.32. The molecule has 1 N–H and O–H groups in total. The van der Waals surface area contributed by atoms with Crippen LogP contribution in [0.3, 0.4) is 0 Å². The number of pyridine rings is 1. The van der Waals surface area contributed by atoms with Gasteiger partial charge in [-0.05, 0) is 49.0 Å². The molecule has 0 fully saturated rings. The number of nitrogens with one attached hydrogen (secondary N) is 1. The molecule has 3 aromatic carbocycles. The minimum Gasteiger partial charge on any atom is -0.351 e. The molecule has 0 unspecified atom stereocenters. The Morgan fingerprint density at radius 3 is 2.50 bits per heavy atom. The van der Waals surface area contributed by atoms with Crippen LogP contribution in [-0.2, 0) is 6.54 Å². The number of carbonyl (C=O) groups is 1. The van der Waals surface area contributed by atoms with Crippen LogP contribution in [0.1, 0.15) is 15.9 Å². The summed E-state index contributed by atoms with van der Waals surface area (Å²) >= 11 is 7.51. The van der Waals surface area contributed by atoms with Crippen molar-refractivity contribution in [3.63, 3.8) is 0 Å². The molecule has 0 saturated carbocycles. The van der Waals surface area contributed by atoms with E-state index in [1.54, 1.807) is 0 Å². The van der Waals surface area contributed by atoms with Crippen LogP contribution in [0.25, 0.3) is 10.9 Å². The Morgan fingerprint density at radius 2 is 1.72 bits per heavy atom. The maximum absolute atomic E-state index is 13.1. The number of benzene rings is 3. The fourth-order valence-corrected chi connectivity index (χ4v) is 4.40. The molecule has 32 heavy (non-hydrogen) atoms. The van der Waals surface area contributed by atoms with Crippen molar-refractivity contribution in [1.82, 2.24) is 15.2 Å². The number of carbonyl (C=O) groups excluding carboxylic acids is 1. The minimum absolute atomic E-state index is 0.0883. The van der Waals surface area contributed by atoms with Gasteiger partial charge in [0.25, 0.3) is 5.91 Å². The number of rotatable bonds is 8. The summed E-state index contributed by atoms with van der Waals surface area (Å²) in [6.07, 6.45) is 0. The molecule has 4 nitrogen and oxygen atoms in total. The molecular weight excluding hydrogens is 438 g/mol. The average Bonchev–Trinajstić information content (AvgIpc) is 2.80. The topological polar surface area (TPSA) is 45.2 Å². The summed E-state index contributed by atoms with van der Waals surface area (Å²) in [5.41, 5.74) is 2.70. The summed E-state index contributed by atoms with van der Waals surface area (Å²) in [6.45, 7) is 2.17. The van der Waals surface area contributed by atoms with Crippen LogP contribution < -0.4 is 5.32 Å². The molecule has 0 aliphatic rings. The fourth-order valence-electron chi connectivity index (χ4n) is 3.44. The first-order valence-corrected chi connectivity index (χ1v) is 11.6. The summed E-state index contributed by atoms with van der Waals surface area (Å²) in [5.74, 6) is -0.0883. The van der Waals surface area contributed by atoms with E-state index in [0.717, 1.165) is 33.9 Å². The molecule has 4 rings (SSSR count). The highest BCUT2D eigenvalue weighted by Gasteiger charge is 2.14. The Hall–Kier alpha value is -2.86. The summed E-state index contributed by atoms with van der Waals surface area (Å²) in [4.78, 5) is 21.0. The highest BCUT2D eigenvalue weighted by Crippen LogP contribution is 2.30. The standard InChI is InChI=1S/C26H24ClN3OS/c1-30(18-19-7-3-2-4-8-19)16-15-28-26(31)23-17-25(29-24-10-6-5-9-22(23)24)32-21-13-11-20(27)12-14-21/h2-14,17H,15-16,18H2,1H3,(H,28,31). The van der Waals surface area contributed by atoms with Gasteiger partial charge in [-0.25, -0.2) is 4.98 Å². The third kappa shape index (κ3) is 5.88. The molecule has 1 aromatic heterocycles. The van der Waals surface area contributed by atoms with E-state index < -0.39 is 0 Å². The lowest BCUT2D eigenvalue weighted by Gasteiger charge is -2.17. The van der Waals surface area contributed by atoms with Crippen molar-refractivity contribution in [2.75, 3.05) is 20.1 Å². The van der Waals surface area contributed by atoms with Crippen molar-refractivity contribution in [2.24, 2.45) is 0 Å². The summed E-state index contributed by atoms with van der Waals surface area (Å²) in [6, 6.07) is 27.5. The van der Waals surface area contributed by atoms with Gasteiger partial charge in [0.1, 0.15) is 5.03 Å². The Balaban J connectivity index is 1.45. The summed E-state index contributed by atoms with van der Waals surface area (Å²) < 4.78 is 0. The SMILES string of the molecule is CN(CCNC(=O)c1cc(Sc2ccc(Cl)cc2)nc2ccccc12)Cc1ccccc1. The molecule has 0 radical (unpaired) electrons. The first-order valence-electron chi connectivity index (χ1n) is 10.4. The lowest BCUT2D eigenvalue weighted by molar-refractivity contribution is 0.0951. The minimum atomic E-state index is -0.0883. The number of likely N-dealkylation sites (N-methyl/N-ethyl adjacent to an activating group) is 1. The molecule has 0 atom stereocenters. The Morgan fingerprint density at radius 1 is 1.00 bits per heavy atom. The Bertz CT molecular complexity index is 1200. The van der Waals surface area contributed by atoms with Crippen molar-refractivity contribution >= 4 is 40.2 Å². The van der Waals surface area contributed by atoms with Crippen LogP contribution in [0, 0.1) is 0 Å². The van der Waals surface area contributed by atoms with Crippen LogP contribution >= 0.6 is 23.4 Å². The quantitative estimate of drug-likeness (QED) is 0.354. The van der Waals surface area contributed by atoms with Gasteiger partial charge in [0.05, 0.1) is 11.1 Å². The lowest BCUT2D eigenvalue weighted by atomic mass is 10.1. The van der Waals surface area contributed by atoms with Crippen molar-refractivity contribution < 1.29 is 4.79 Å². The average molecular weight is 462 g/mol. The van der Waals surface area contributed by atoms with Crippen LogP contribution in [0.5, 0.6) is 0 Å². The molecule has 0 saturated heterocycles. The molecule has 0 bridgehead atoms. The summed E-state index contributed by atoms with van der Waals surface area (Å²) in [7, 11) is 2.06. The van der Waals surface area contributed by atoms with Gasteiger partial charge >= 0.3 is 0 Å². The monoisotopic (exact) mass is 461 g/mol. The van der Waals surface area contributed by atoms with Gasteiger partial charge in [-0.3, -0.25) is 4.79 Å². The first kappa shape index (κ1) is 22.3. The normalized spacial score (nSPS) is 11.1. The molecule has 0 spiro atoms. The zero-order valence-electron chi connectivity index (χ0n) is 17.8. The van der Waals surface area contributed by atoms with Crippen molar-refractivity contribution in [3.05, 3.63) is 101 Å². The second kappa shape index (κ2) is 10.6. The number of halogens is 1. The van der Waals surface area contributed by atoms with E-state index >= 15 is 0 Å². The van der Waals surface area contributed by atoms with E-state index in [-0.39, 0.29) is 5.91 Å². The van der Waals surface area contributed by atoms with Gasteiger partial charge in [0, 0.05) is 34.9 Å². The van der Waals surface area contributed by atoms with E-state index in [2.05, 4.69) is 29.4 Å². The number of fused-ring (bicyclic) bond motifs is 1. The molecule has 0 aliphatic heterocycles. The number of para-hydroxylation sites is 1. The van der Waals surface area contributed by atoms with E-state index in [0.29, 0.717) is 17.1 Å². The maximum atomic E-state index is 13.1. The van der Waals surface area contributed by atoms with Crippen LogP contribution in [0.2, 0.25) is 5.02 Å². The van der Waals surface area contributed by atoms with Gasteiger partial charge in [-0.15, -0.1) is 0 Å². The Kier molecular flexibility index (Phi) is 7.43. The van der Waals surface area contributed by atoms with E-state index in [1.807, 2.05) is 72.8 Å². The molecule has 1 amide bonds. The third-order valence-corrected chi connectivity index (χ3v) is 6.23. The van der Waals surface area contributed by atoms with Crippen LogP contribution in [0.15, 0.2) is 94.9 Å². The van der Waals surface area contributed by atoms with Crippen LogP contribution in [-0.4, -0.2) is 35.9 Å². The Labute approximate surface area is 197 Å². The predicted octanol–water partition coefficient (Wildman–Crippen LogP) is 5.90. The van der Waals surface area contributed by atoms with Crippen molar-refractivity contribution in [2.45, 2.75) is 16.5 Å². The highest BCUT2D eigenvalue weighted by atomic mass is 35.5. The van der Waals surface area contributed by atoms with E-state index in [4.69, 9.17) is 16.6 Å². The second-order valence-electron chi connectivity index (χ2n) is 7.56. The van der Waals surface area contributed by atoms with Crippen molar-refractivity contribution in [3.8, 4) is 0 Å². The van der Waals surface area contributed by atoms with E-state index in [1.165, 1.54) is 17.3 Å². The largest absolute Gasteiger partial charge is 0.351 e. The number of aromatic nitrogens is 1. The predicted molar refractivity (Wildman–Crippen MR) is 132 cm³/mol. The molecule has 0 aliphatic carbocycles. The van der Waals surface area contributed by atoms with Crippen molar-refractivity contribution in [1.29, 1.82) is 0 Å². The number of hydrogen-bond donors (Lipinski definition) is 1. The molecule has 6 heteroatoms. The van der Waals surface area contributed by atoms with Gasteiger partial charge in [-0.1, -0.05) is 71.9 Å². The maximum Gasteiger partial charge on any atom is 0.252 e. The number of nitrogens with zero attached hydrogens (tertiary/aromatic N) is 2. The molecule has 1 heterocycles. The molecule has 4 aromatic rings. The second-order valence-corrected chi connectivity index (χ2v) is 9.09. The fraction of sp³-hybridized carbons (Fsp3) is 0.154.